The van der Waals surface area contributed by atoms with Crippen LogP contribution in [0.2, 0.25) is 0 Å². The second-order valence-corrected chi connectivity index (χ2v) is 3.43. The summed E-state index contributed by atoms with van der Waals surface area (Å²) in [6, 6.07) is 5.91. The molecule has 4 N–H and O–H groups in total. The molecular weight excluding hydrogens is 192 g/mol. The molecule has 0 saturated carbocycles. The molecule has 15 heavy (non-hydrogen) atoms. The third-order valence-corrected chi connectivity index (χ3v) is 2.05. The van der Waals surface area contributed by atoms with Gasteiger partial charge < -0.3 is 16.2 Å². The Morgan fingerprint density at radius 3 is 2.93 bits per heavy atom. The number of carbonyl (C=O) groups excluding carboxylic acids is 1. The number of amides is 1. The van der Waals surface area contributed by atoms with Crippen LogP contribution < -0.4 is 11.1 Å². The lowest BCUT2D eigenvalue weighted by Gasteiger charge is -2.11. The van der Waals surface area contributed by atoms with Gasteiger partial charge in [0.15, 0.2) is 0 Å². The fourth-order valence-electron chi connectivity index (χ4n) is 1.26. The predicted molar refractivity (Wildman–Crippen MR) is 59.6 cm³/mol. The topological polar surface area (TPSA) is 75.4 Å². The summed E-state index contributed by atoms with van der Waals surface area (Å²) in [4.78, 5) is 11.5. The Morgan fingerprint density at radius 1 is 1.60 bits per heavy atom. The van der Waals surface area contributed by atoms with Crippen LogP contribution in [0.3, 0.4) is 0 Å². The van der Waals surface area contributed by atoms with Crippen molar-refractivity contribution in [3.63, 3.8) is 0 Å². The van der Waals surface area contributed by atoms with Gasteiger partial charge in [-0.25, -0.2) is 0 Å². The van der Waals surface area contributed by atoms with Gasteiger partial charge in [-0.05, 0) is 18.6 Å². The molecule has 0 aliphatic rings. The Kier molecular flexibility index (Phi) is 4.12. The van der Waals surface area contributed by atoms with E-state index in [2.05, 4.69) is 5.32 Å². The maximum Gasteiger partial charge on any atom is 0.241 e. The third-order valence-electron chi connectivity index (χ3n) is 2.05. The molecule has 0 saturated heterocycles. The number of carbonyl (C=O) groups is 1. The smallest absolute Gasteiger partial charge is 0.241 e. The molecule has 0 bridgehead atoms. The van der Waals surface area contributed by atoms with E-state index in [1.807, 2.05) is 6.92 Å². The normalized spacial score (nSPS) is 12.1. The molecule has 4 heteroatoms. The zero-order chi connectivity index (χ0) is 11.3. The Hall–Kier alpha value is -1.55. The molecule has 0 spiro atoms. The first-order valence-electron chi connectivity index (χ1n) is 4.99. The average Bonchev–Trinajstić information content (AvgIpc) is 2.18. The highest BCUT2D eigenvalue weighted by Gasteiger charge is 2.11. The van der Waals surface area contributed by atoms with Gasteiger partial charge in [-0.3, -0.25) is 4.79 Å². The highest BCUT2D eigenvalue weighted by molar-refractivity contribution is 5.94. The maximum absolute atomic E-state index is 11.5. The minimum atomic E-state index is -0.489. The lowest BCUT2D eigenvalue weighted by molar-refractivity contribution is -0.117. The lowest BCUT2D eigenvalue weighted by Crippen LogP contribution is -2.35. The quantitative estimate of drug-likeness (QED) is 0.701. The summed E-state index contributed by atoms with van der Waals surface area (Å²) >= 11 is 0. The van der Waals surface area contributed by atoms with E-state index in [1.54, 1.807) is 18.2 Å². The van der Waals surface area contributed by atoms with Crippen LogP contribution in [0, 0.1) is 0 Å². The number of aromatic hydroxyl groups is 1. The van der Waals surface area contributed by atoms with Crippen molar-refractivity contribution < 1.29 is 9.90 Å². The average molecular weight is 208 g/mol. The highest BCUT2D eigenvalue weighted by Crippen LogP contribution is 2.15. The molecule has 4 nitrogen and oxygen atoms in total. The van der Waals surface area contributed by atoms with Gasteiger partial charge >= 0.3 is 0 Å². The summed E-state index contributed by atoms with van der Waals surface area (Å²) in [5.41, 5.74) is 6.20. The summed E-state index contributed by atoms with van der Waals surface area (Å²) in [7, 11) is 0. The molecule has 0 fully saturated rings. The van der Waals surface area contributed by atoms with E-state index >= 15 is 0 Å². The van der Waals surface area contributed by atoms with Crippen LogP contribution >= 0.6 is 0 Å². The van der Waals surface area contributed by atoms with Gasteiger partial charge in [-0.1, -0.05) is 19.4 Å². The molecular formula is C11H16N2O2. The van der Waals surface area contributed by atoms with Crippen molar-refractivity contribution in [2.75, 3.05) is 5.32 Å². The van der Waals surface area contributed by atoms with E-state index in [9.17, 15) is 9.90 Å². The molecule has 0 unspecified atom stereocenters. The molecule has 1 atom stereocenters. The molecule has 0 radical (unpaired) electrons. The minimum Gasteiger partial charge on any atom is -0.508 e. The number of hydrogen-bond acceptors (Lipinski definition) is 3. The van der Waals surface area contributed by atoms with Crippen LogP contribution in [0.4, 0.5) is 5.69 Å². The lowest BCUT2D eigenvalue weighted by atomic mass is 10.1. The van der Waals surface area contributed by atoms with Crippen molar-refractivity contribution in [1.29, 1.82) is 0 Å². The number of benzene rings is 1. The first-order valence-corrected chi connectivity index (χ1v) is 4.99. The van der Waals surface area contributed by atoms with E-state index in [0.717, 1.165) is 6.42 Å². The maximum atomic E-state index is 11.5. The van der Waals surface area contributed by atoms with Crippen LogP contribution in [-0.2, 0) is 4.79 Å². The molecule has 1 rings (SSSR count). The number of nitrogens with one attached hydrogen (secondary N) is 1. The van der Waals surface area contributed by atoms with Gasteiger partial charge in [0.05, 0.1) is 6.04 Å². The van der Waals surface area contributed by atoms with E-state index in [0.29, 0.717) is 12.1 Å². The van der Waals surface area contributed by atoms with Crippen LogP contribution in [0.15, 0.2) is 24.3 Å². The molecule has 0 heterocycles. The zero-order valence-corrected chi connectivity index (χ0v) is 8.73. The van der Waals surface area contributed by atoms with Gasteiger partial charge in [0.1, 0.15) is 5.75 Å². The zero-order valence-electron chi connectivity index (χ0n) is 8.73. The molecule has 1 aromatic carbocycles. The predicted octanol–water partition coefficient (Wildman–Crippen LogP) is 1.46. The fraction of sp³-hybridized carbons (Fsp3) is 0.364. The first kappa shape index (κ1) is 11.5. The Bertz CT molecular complexity index is 339. The SMILES string of the molecule is CCC[C@@H](N)C(=O)Nc1cccc(O)c1. The van der Waals surface area contributed by atoms with Crippen LogP contribution in [0.25, 0.3) is 0 Å². The minimum absolute atomic E-state index is 0.122. The standard InChI is InChI=1S/C11H16N2O2/c1-2-4-10(12)11(15)13-8-5-3-6-9(14)7-8/h3,5-7,10,14H,2,4,12H2,1H3,(H,13,15)/t10-/m1/s1. The van der Waals surface area contributed by atoms with E-state index in [1.165, 1.54) is 6.07 Å². The van der Waals surface area contributed by atoms with Crippen molar-refractivity contribution >= 4 is 11.6 Å². The van der Waals surface area contributed by atoms with Gasteiger partial charge in [-0.2, -0.15) is 0 Å². The van der Waals surface area contributed by atoms with Gasteiger partial charge in [-0.15, -0.1) is 0 Å². The molecule has 0 aliphatic carbocycles. The highest BCUT2D eigenvalue weighted by atomic mass is 16.3. The summed E-state index contributed by atoms with van der Waals surface area (Å²) in [6.07, 6.45) is 1.53. The van der Waals surface area contributed by atoms with Crippen LogP contribution in [0.1, 0.15) is 19.8 Å². The van der Waals surface area contributed by atoms with E-state index in [4.69, 9.17) is 5.73 Å². The molecule has 0 aliphatic heterocycles. The van der Waals surface area contributed by atoms with Crippen LogP contribution in [0.5, 0.6) is 5.75 Å². The number of phenolic OH excluding ortho intramolecular Hbond substituents is 1. The van der Waals surface area contributed by atoms with Crippen molar-refractivity contribution in [3.05, 3.63) is 24.3 Å². The second kappa shape index (κ2) is 5.36. The van der Waals surface area contributed by atoms with Crippen LogP contribution in [-0.4, -0.2) is 17.1 Å². The summed E-state index contributed by atoms with van der Waals surface area (Å²) < 4.78 is 0. The second-order valence-electron chi connectivity index (χ2n) is 3.43. The first-order chi connectivity index (χ1) is 7.13. The van der Waals surface area contributed by atoms with Crippen molar-refractivity contribution in [2.24, 2.45) is 5.73 Å². The van der Waals surface area contributed by atoms with Gasteiger partial charge in [0.2, 0.25) is 5.91 Å². The summed E-state index contributed by atoms with van der Waals surface area (Å²) in [5.74, 6) is -0.0979. The summed E-state index contributed by atoms with van der Waals surface area (Å²) in [6.45, 7) is 1.97. The number of rotatable bonds is 4. The Morgan fingerprint density at radius 2 is 2.33 bits per heavy atom. The number of nitrogens with two attached hydrogens (primary N) is 1. The Balaban J connectivity index is 2.58. The summed E-state index contributed by atoms with van der Waals surface area (Å²) in [5, 5.41) is 11.8. The van der Waals surface area contributed by atoms with E-state index in [-0.39, 0.29) is 11.7 Å². The van der Waals surface area contributed by atoms with Crippen molar-refractivity contribution in [1.82, 2.24) is 0 Å². The monoisotopic (exact) mass is 208 g/mol. The van der Waals surface area contributed by atoms with Crippen molar-refractivity contribution in [2.45, 2.75) is 25.8 Å². The van der Waals surface area contributed by atoms with Gasteiger partial charge in [0, 0.05) is 11.8 Å². The fourth-order valence-corrected chi connectivity index (χ4v) is 1.26. The third kappa shape index (κ3) is 3.59. The molecule has 1 aromatic rings. The number of hydrogen-bond donors (Lipinski definition) is 3. The number of anilines is 1. The van der Waals surface area contributed by atoms with Crippen molar-refractivity contribution in [3.8, 4) is 5.75 Å². The number of phenols is 1. The van der Waals surface area contributed by atoms with Gasteiger partial charge in [0.25, 0.3) is 0 Å². The van der Waals surface area contributed by atoms with E-state index < -0.39 is 6.04 Å². The Labute approximate surface area is 89.1 Å². The molecule has 82 valence electrons. The molecule has 1 amide bonds. The largest absolute Gasteiger partial charge is 0.508 e. The molecule has 0 aromatic heterocycles.